The van der Waals surface area contributed by atoms with Gasteiger partial charge < -0.3 is 9.88 Å². The number of carbonyl (C=O) groups is 1. The van der Waals surface area contributed by atoms with Gasteiger partial charge in [-0.1, -0.05) is 57.9 Å². The molecule has 142 valence electrons. The largest absolute Gasteiger partial charge is 0.347 e. The Morgan fingerprint density at radius 2 is 1.86 bits per heavy atom. The highest BCUT2D eigenvalue weighted by Crippen LogP contribution is 2.34. The maximum atomic E-state index is 13.0. The maximum Gasteiger partial charge on any atom is 0.268 e. The lowest BCUT2D eigenvalue weighted by atomic mass is 10.1. The van der Waals surface area contributed by atoms with E-state index in [2.05, 4.69) is 78.3 Å². The Bertz CT molecular complexity index is 1150. The zero-order chi connectivity index (χ0) is 19.7. The number of aryl methyl sites for hydroxylation is 1. The van der Waals surface area contributed by atoms with Crippen molar-refractivity contribution in [3.8, 4) is 0 Å². The second-order valence-corrected chi connectivity index (χ2v) is 9.39. The molecule has 0 aliphatic carbocycles. The molecule has 0 unspecified atom stereocenters. The number of carbonyl (C=O) groups excluding carboxylic acids is 1. The predicted octanol–water partition coefficient (Wildman–Crippen LogP) is 6.51. The molecule has 0 radical (unpaired) electrons. The summed E-state index contributed by atoms with van der Waals surface area (Å²) in [5.74, 6) is -0.0612. The van der Waals surface area contributed by atoms with E-state index in [0.717, 1.165) is 30.3 Å². The molecule has 1 amide bonds. The fraction of sp³-hybridized carbons (Fsp3) is 0.136. The van der Waals surface area contributed by atoms with Crippen LogP contribution in [0.1, 0.15) is 27.2 Å². The van der Waals surface area contributed by atoms with Crippen LogP contribution in [0.2, 0.25) is 0 Å². The molecular formula is C22H18Br2N2OS. The number of aromatic nitrogens is 1. The van der Waals surface area contributed by atoms with Crippen LogP contribution >= 0.6 is 43.2 Å². The lowest BCUT2D eigenvalue weighted by Gasteiger charge is -2.12. The fourth-order valence-electron chi connectivity index (χ4n) is 3.25. The standard InChI is InChI=1S/C22H18Br2N2OS/c1-14-3-2-4-16(9-14)11-25-22(27)19-10-20-21(18(24)13-28-20)26(19)12-15-5-7-17(23)8-6-15/h2-10,13H,11-12H2,1H3,(H,25,27). The van der Waals surface area contributed by atoms with Crippen molar-refractivity contribution in [1.29, 1.82) is 0 Å². The Balaban J connectivity index is 1.64. The second kappa shape index (κ2) is 8.23. The smallest absolute Gasteiger partial charge is 0.268 e. The molecule has 2 aromatic heterocycles. The Morgan fingerprint density at radius 3 is 2.61 bits per heavy atom. The molecule has 0 aliphatic rings. The second-order valence-electron chi connectivity index (χ2n) is 6.71. The van der Waals surface area contributed by atoms with Crippen LogP contribution in [0.15, 0.2) is 68.9 Å². The third kappa shape index (κ3) is 4.09. The van der Waals surface area contributed by atoms with Crippen molar-refractivity contribution in [3.05, 3.63) is 91.3 Å². The zero-order valence-electron chi connectivity index (χ0n) is 15.2. The van der Waals surface area contributed by atoms with Crippen LogP contribution in [0, 0.1) is 6.92 Å². The van der Waals surface area contributed by atoms with Gasteiger partial charge in [-0.15, -0.1) is 11.3 Å². The van der Waals surface area contributed by atoms with E-state index in [4.69, 9.17) is 0 Å². The van der Waals surface area contributed by atoms with Crippen LogP contribution in [-0.4, -0.2) is 10.5 Å². The summed E-state index contributed by atoms with van der Waals surface area (Å²) in [4.78, 5) is 13.0. The molecule has 3 nitrogen and oxygen atoms in total. The molecular weight excluding hydrogens is 500 g/mol. The summed E-state index contributed by atoms with van der Waals surface area (Å²) in [6, 6.07) is 18.4. The monoisotopic (exact) mass is 516 g/mol. The van der Waals surface area contributed by atoms with Crippen molar-refractivity contribution in [1.82, 2.24) is 9.88 Å². The molecule has 6 heteroatoms. The van der Waals surface area contributed by atoms with Crippen molar-refractivity contribution in [2.45, 2.75) is 20.0 Å². The van der Waals surface area contributed by atoms with Crippen LogP contribution < -0.4 is 5.32 Å². The van der Waals surface area contributed by atoms with Crippen LogP contribution in [-0.2, 0) is 13.1 Å². The van der Waals surface area contributed by atoms with E-state index in [0.29, 0.717) is 18.8 Å². The van der Waals surface area contributed by atoms with E-state index in [-0.39, 0.29) is 5.91 Å². The summed E-state index contributed by atoms with van der Waals surface area (Å²) < 4.78 is 5.25. The first kappa shape index (κ1) is 19.4. The Kier molecular flexibility index (Phi) is 5.71. The predicted molar refractivity (Wildman–Crippen MR) is 123 cm³/mol. The van der Waals surface area contributed by atoms with E-state index in [1.54, 1.807) is 11.3 Å². The number of hydrogen-bond donors (Lipinski definition) is 1. The Hall–Kier alpha value is -1.89. The summed E-state index contributed by atoms with van der Waals surface area (Å²) in [5.41, 5.74) is 5.18. The van der Waals surface area contributed by atoms with Crippen molar-refractivity contribution < 1.29 is 4.79 Å². The van der Waals surface area contributed by atoms with Gasteiger partial charge in [-0.05, 0) is 52.2 Å². The lowest BCUT2D eigenvalue weighted by molar-refractivity contribution is 0.0942. The van der Waals surface area contributed by atoms with E-state index in [9.17, 15) is 4.79 Å². The number of rotatable bonds is 5. The number of amides is 1. The number of nitrogens with zero attached hydrogens (tertiary/aromatic N) is 1. The number of benzene rings is 2. The van der Waals surface area contributed by atoms with Gasteiger partial charge in [-0.2, -0.15) is 0 Å². The van der Waals surface area contributed by atoms with Crippen molar-refractivity contribution in [2.24, 2.45) is 0 Å². The van der Waals surface area contributed by atoms with Gasteiger partial charge in [0, 0.05) is 22.9 Å². The lowest BCUT2D eigenvalue weighted by Crippen LogP contribution is -2.25. The average molecular weight is 518 g/mol. The Morgan fingerprint density at radius 1 is 1.07 bits per heavy atom. The molecule has 4 aromatic rings. The van der Waals surface area contributed by atoms with Crippen molar-refractivity contribution in [3.63, 3.8) is 0 Å². The van der Waals surface area contributed by atoms with Gasteiger partial charge in [0.05, 0.1) is 14.7 Å². The first-order valence-electron chi connectivity index (χ1n) is 8.85. The third-order valence-electron chi connectivity index (χ3n) is 4.60. The van der Waals surface area contributed by atoms with Crippen molar-refractivity contribution in [2.75, 3.05) is 0 Å². The van der Waals surface area contributed by atoms with Gasteiger partial charge in [0.2, 0.25) is 0 Å². The number of nitrogens with one attached hydrogen (secondary N) is 1. The fourth-order valence-corrected chi connectivity index (χ4v) is 5.21. The molecule has 0 atom stereocenters. The minimum Gasteiger partial charge on any atom is -0.347 e. The van der Waals surface area contributed by atoms with Gasteiger partial charge in [-0.25, -0.2) is 0 Å². The Labute approximate surface area is 184 Å². The van der Waals surface area contributed by atoms with Crippen LogP contribution in [0.25, 0.3) is 10.2 Å². The third-order valence-corrected chi connectivity index (χ3v) is 6.95. The highest BCUT2D eigenvalue weighted by Gasteiger charge is 2.19. The number of hydrogen-bond acceptors (Lipinski definition) is 2. The van der Waals surface area contributed by atoms with Gasteiger partial charge in [-0.3, -0.25) is 4.79 Å². The quantitative estimate of drug-likeness (QED) is 0.321. The molecule has 28 heavy (non-hydrogen) atoms. The molecule has 0 saturated heterocycles. The van der Waals surface area contributed by atoms with Crippen LogP contribution in [0.4, 0.5) is 0 Å². The molecule has 0 fully saturated rings. The minimum absolute atomic E-state index is 0.0612. The van der Waals surface area contributed by atoms with E-state index >= 15 is 0 Å². The topological polar surface area (TPSA) is 34.0 Å². The normalized spacial score (nSPS) is 11.1. The molecule has 4 rings (SSSR count). The first-order chi connectivity index (χ1) is 13.5. The number of thiophene rings is 1. The molecule has 0 aliphatic heterocycles. The molecule has 1 N–H and O–H groups in total. The van der Waals surface area contributed by atoms with Crippen LogP contribution in [0.3, 0.4) is 0 Å². The molecule has 0 spiro atoms. The van der Waals surface area contributed by atoms with Gasteiger partial charge in [0.25, 0.3) is 5.91 Å². The maximum absolute atomic E-state index is 13.0. The van der Waals surface area contributed by atoms with Gasteiger partial charge >= 0.3 is 0 Å². The minimum atomic E-state index is -0.0612. The first-order valence-corrected chi connectivity index (χ1v) is 11.3. The summed E-state index contributed by atoms with van der Waals surface area (Å²) in [5, 5.41) is 5.14. The SMILES string of the molecule is Cc1cccc(CNC(=O)c2cc3scc(Br)c3n2Cc2ccc(Br)cc2)c1. The summed E-state index contributed by atoms with van der Waals surface area (Å²) in [6.45, 7) is 3.21. The molecule has 0 saturated carbocycles. The summed E-state index contributed by atoms with van der Waals surface area (Å²) >= 11 is 8.76. The molecule has 0 bridgehead atoms. The van der Waals surface area contributed by atoms with E-state index in [1.807, 2.05) is 30.3 Å². The average Bonchev–Trinajstić information content (AvgIpc) is 3.22. The highest BCUT2D eigenvalue weighted by molar-refractivity contribution is 9.11. The van der Waals surface area contributed by atoms with Crippen LogP contribution in [0.5, 0.6) is 0 Å². The van der Waals surface area contributed by atoms with E-state index in [1.165, 1.54) is 5.56 Å². The number of fused-ring (bicyclic) bond motifs is 1. The highest BCUT2D eigenvalue weighted by atomic mass is 79.9. The zero-order valence-corrected chi connectivity index (χ0v) is 19.2. The summed E-state index contributed by atoms with van der Waals surface area (Å²) in [6.07, 6.45) is 0. The van der Waals surface area contributed by atoms with Gasteiger partial charge in [0.1, 0.15) is 5.69 Å². The van der Waals surface area contributed by atoms with Crippen molar-refractivity contribution >= 4 is 59.3 Å². The van der Waals surface area contributed by atoms with E-state index < -0.39 is 0 Å². The number of halogens is 2. The van der Waals surface area contributed by atoms with Gasteiger partial charge in [0.15, 0.2) is 0 Å². The summed E-state index contributed by atoms with van der Waals surface area (Å²) in [7, 11) is 0. The molecule has 2 heterocycles. The molecule has 2 aromatic carbocycles.